The highest BCUT2D eigenvalue weighted by atomic mass is 35.5. The van der Waals surface area contributed by atoms with Crippen molar-refractivity contribution in [1.82, 2.24) is 5.32 Å². The third-order valence-electron chi connectivity index (χ3n) is 3.13. The second-order valence-electron chi connectivity index (χ2n) is 5.38. The maximum atomic E-state index is 12.2. The summed E-state index contributed by atoms with van der Waals surface area (Å²) < 4.78 is 9.94. The van der Waals surface area contributed by atoms with Crippen molar-refractivity contribution in [2.45, 2.75) is 32.7 Å². The van der Waals surface area contributed by atoms with Crippen LogP contribution in [0.25, 0.3) is 0 Å². The van der Waals surface area contributed by atoms with E-state index in [-0.39, 0.29) is 18.2 Å². The predicted octanol–water partition coefficient (Wildman–Crippen LogP) is 2.59. The van der Waals surface area contributed by atoms with Crippen LogP contribution in [0.4, 0.5) is 0 Å². The summed E-state index contributed by atoms with van der Waals surface area (Å²) in [5, 5.41) is 3.15. The van der Waals surface area contributed by atoms with E-state index >= 15 is 0 Å². The fourth-order valence-corrected chi connectivity index (χ4v) is 2.44. The monoisotopic (exact) mass is 327 g/mol. The van der Waals surface area contributed by atoms with E-state index in [0.717, 1.165) is 0 Å². The molecule has 5 nitrogen and oxygen atoms in total. The third-order valence-corrected chi connectivity index (χ3v) is 3.43. The Morgan fingerprint density at radius 1 is 1.27 bits per heavy atom. The summed E-state index contributed by atoms with van der Waals surface area (Å²) in [5.41, 5.74) is 0.667. The van der Waals surface area contributed by atoms with Gasteiger partial charge in [0, 0.05) is 5.56 Å². The summed E-state index contributed by atoms with van der Waals surface area (Å²) in [6.45, 7) is 3.95. The first-order valence-electron chi connectivity index (χ1n) is 7.07. The molecule has 0 saturated carbocycles. The van der Waals surface area contributed by atoms with Gasteiger partial charge in [0.25, 0.3) is 0 Å². The van der Waals surface area contributed by atoms with E-state index in [0.29, 0.717) is 22.8 Å². The quantitative estimate of drug-likeness (QED) is 0.782. The van der Waals surface area contributed by atoms with Gasteiger partial charge in [-0.25, -0.2) is 4.79 Å². The molecule has 0 bridgehead atoms. The molecule has 1 aromatic rings. The van der Waals surface area contributed by atoms with Crippen molar-refractivity contribution in [1.29, 1.82) is 0 Å². The van der Waals surface area contributed by atoms with Crippen molar-refractivity contribution in [3.8, 4) is 5.75 Å². The van der Waals surface area contributed by atoms with Gasteiger partial charge in [-0.3, -0.25) is 4.79 Å². The number of methoxy groups -OCH3 is 2. The second-order valence-corrected chi connectivity index (χ2v) is 5.79. The number of amides is 1. The minimum Gasteiger partial charge on any atom is -0.495 e. The molecule has 0 aliphatic rings. The van der Waals surface area contributed by atoms with Crippen LogP contribution in [0.1, 0.15) is 25.8 Å². The molecule has 0 unspecified atom stereocenters. The Bertz CT molecular complexity index is 531. The molecule has 0 spiro atoms. The topological polar surface area (TPSA) is 64.6 Å². The zero-order valence-corrected chi connectivity index (χ0v) is 14.1. The standard InChI is InChI=1S/C16H22ClNO4/c1-10(2)8-13(16(20)22-4)18-14(19)9-11-6-5-7-12(17)15(11)21-3/h5-7,10,13H,8-9H2,1-4H3,(H,18,19)/t13-/m0/s1. The van der Waals surface area contributed by atoms with E-state index in [2.05, 4.69) is 5.32 Å². The summed E-state index contributed by atoms with van der Waals surface area (Å²) in [6, 6.07) is 4.56. The smallest absolute Gasteiger partial charge is 0.328 e. The fourth-order valence-electron chi connectivity index (χ4n) is 2.17. The molecule has 0 fully saturated rings. The van der Waals surface area contributed by atoms with Crippen LogP contribution in [-0.4, -0.2) is 32.1 Å². The van der Waals surface area contributed by atoms with Crippen LogP contribution < -0.4 is 10.1 Å². The normalized spacial score (nSPS) is 11.9. The van der Waals surface area contributed by atoms with Gasteiger partial charge in [-0.15, -0.1) is 0 Å². The van der Waals surface area contributed by atoms with Crippen LogP contribution in [0.3, 0.4) is 0 Å². The van der Waals surface area contributed by atoms with Crippen LogP contribution >= 0.6 is 11.6 Å². The number of hydrogen-bond acceptors (Lipinski definition) is 4. The average Bonchev–Trinajstić information content (AvgIpc) is 2.45. The molecule has 22 heavy (non-hydrogen) atoms. The first-order valence-corrected chi connectivity index (χ1v) is 7.45. The van der Waals surface area contributed by atoms with Crippen molar-refractivity contribution in [2.24, 2.45) is 5.92 Å². The molecular formula is C16H22ClNO4. The number of benzene rings is 1. The highest BCUT2D eigenvalue weighted by Crippen LogP contribution is 2.28. The van der Waals surface area contributed by atoms with Gasteiger partial charge in [-0.1, -0.05) is 37.6 Å². The number of esters is 1. The van der Waals surface area contributed by atoms with Crippen molar-refractivity contribution in [3.05, 3.63) is 28.8 Å². The van der Waals surface area contributed by atoms with Gasteiger partial charge in [0.2, 0.25) is 5.91 Å². The number of halogens is 1. The Kier molecular flexibility index (Phi) is 7.18. The molecule has 0 radical (unpaired) electrons. The zero-order chi connectivity index (χ0) is 16.7. The maximum absolute atomic E-state index is 12.2. The summed E-state index contributed by atoms with van der Waals surface area (Å²) in [6.07, 6.45) is 0.598. The lowest BCUT2D eigenvalue weighted by Gasteiger charge is -2.18. The van der Waals surface area contributed by atoms with Crippen molar-refractivity contribution < 1.29 is 19.1 Å². The van der Waals surface area contributed by atoms with E-state index in [1.165, 1.54) is 14.2 Å². The lowest BCUT2D eigenvalue weighted by molar-refractivity contribution is -0.145. The van der Waals surface area contributed by atoms with Crippen molar-refractivity contribution in [3.63, 3.8) is 0 Å². The fraction of sp³-hybridized carbons (Fsp3) is 0.500. The molecular weight excluding hydrogens is 306 g/mol. The number of hydrogen-bond donors (Lipinski definition) is 1. The Morgan fingerprint density at radius 2 is 1.95 bits per heavy atom. The lowest BCUT2D eigenvalue weighted by atomic mass is 10.0. The summed E-state index contributed by atoms with van der Waals surface area (Å²) in [5.74, 6) is -0.000346. The molecule has 0 saturated heterocycles. The summed E-state index contributed by atoms with van der Waals surface area (Å²) in [7, 11) is 2.81. The van der Waals surface area contributed by atoms with Gasteiger partial charge in [0.05, 0.1) is 25.7 Å². The highest BCUT2D eigenvalue weighted by molar-refractivity contribution is 6.32. The van der Waals surface area contributed by atoms with E-state index in [1.807, 2.05) is 13.8 Å². The minimum atomic E-state index is -0.650. The average molecular weight is 328 g/mol. The molecule has 122 valence electrons. The van der Waals surface area contributed by atoms with Gasteiger partial charge in [-0.2, -0.15) is 0 Å². The summed E-state index contributed by atoms with van der Waals surface area (Å²) >= 11 is 6.03. The zero-order valence-electron chi connectivity index (χ0n) is 13.3. The number of nitrogens with one attached hydrogen (secondary N) is 1. The predicted molar refractivity (Wildman–Crippen MR) is 85.1 cm³/mol. The second kappa shape index (κ2) is 8.63. The molecule has 1 amide bonds. The van der Waals surface area contributed by atoms with Crippen molar-refractivity contribution in [2.75, 3.05) is 14.2 Å². The molecule has 0 aliphatic carbocycles. The Balaban J connectivity index is 2.79. The molecule has 0 heterocycles. The van der Waals surface area contributed by atoms with E-state index in [4.69, 9.17) is 21.1 Å². The third kappa shape index (κ3) is 5.22. The summed E-state index contributed by atoms with van der Waals surface area (Å²) in [4.78, 5) is 23.9. The van der Waals surface area contributed by atoms with Crippen LogP contribution in [0, 0.1) is 5.92 Å². The number of carbonyl (C=O) groups is 2. The molecule has 1 N–H and O–H groups in total. The Morgan fingerprint density at radius 3 is 2.50 bits per heavy atom. The molecule has 6 heteroatoms. The number of para-hydroxylation sites is 1. The van der Waals surface area contributed by atoms with E-state index in [1.54, 1.807) is 18.2 Å². The number of ether oxygens (including phenoxy) is 2. The lowest BCUT2D eigenvalue weighted by Crippen LogP contribution is -2.43. The van der Waals surface area contributed by atoms with Crippen LogP contribution in [-0.2, 0) is 20.7 Å². The van der Waals surface area contributed by atoms with Gasteiger partial charge in [-0.05, 0) is 18.4 Å². The first kappa shape index (κ1) is 18.3. The molecule has 0 aliphatic heterocycles. The SMILES string of the molecule is COC(=O)[C@H](CC(C)C)NC(=O)Cc1cccc(Cl)c1OC. The highest BCUT2D eigenvalue weighted by Gasteiger charge is 2.23. The molecule has 0 aromatic heterocycles. The van der Waals surface area contributed by atoms with Crippen LogP contribution in [0.15, 0.2) is 18.2 Å². The van der Waals surface area contributed by atoms with Gasteiger partial charge in [0.15, 0.2) is 0 Å². The van der Waals surface area contributed by atoms with E-state index in [9.17, 15) is 9.59 Å². The van der Waals surface area contributed by atoms with E-state index < -0.39 is 12.0 Å². The number of rotatable bonds is 7. The molecule has 1 rings (SSSR count). The Hall–Kier alpha value is -1.75. The Labute approximate surface area is 135 Å². The molecule has 1 atom stereocenters. The maximum Gasteiger partial charge on any atom is 0.328 e. The van der Waals surface area contributed by atoms with Gasteiger partial charge >= 0.3 is 5.97 Å². The van der Waals surface area contributed by atoms with Crippen LogP contribution in [0.5, 0.6) is 5.75 Å². The first-order chi connectivity index (χ1) is 10.4. The largest absolute Gasteiger partial charge is 0.495 e. The number of carbonyl (C=O) groups excluding carboxylic acids is 2. The van der Waals surface area contributed by atoms with Crippen molar-refractivity contribution >= 4 is 23.5 Å². The van der Waals surface area contributed by atoms with Gasteiger partial charge < -0.3 is 14.8 Å². The minimum absolute atomic E-state index is 0.0787. The van der Waals surface area contributed by atoms with Gasteiger partial charge in [0.1, 0.15) is 11.8 Å². The van der Waals surface area contributed by atoms with Crippen LogP contribution in [0.2, 0.25) is 5.02 Å². The molecule has 1 aromatic carbocycles.